The van der Waals surface area contributed by atoms with Gasteiger partial charge in [0.05, 0.1) is 0 Å². The zero-order valence-electron chi connectivity index (χ0n) is 14.8. The fraction of sp³-hybridized carbons (Fsp3) is 0.421. The first-order chi connectivity index (χ1) is 12.0. The molecule has 4 heterocycles. The summed E-state index contributed by atoms with van der Waals surface area (Å²) in [4.78, 5) is 13.5. The molecule has 2 N–H and O–H groups in total. The van der Waals surface area contributed by atoms with Crippen molar-refractivity contribution in [2.24, 2.45) is 0 Å². The van der Waals surface area contributed by atoms with E-state index in [1.165, 1.54) is 5.56 Å². The lowest BCUT2D eigenvalue weighted by Crippen LogP contribution is -2.35. The summed E-state index contributed by atoms with van der Waals surface area (Å²) in [6.45, 7) is 0. The van der Waals surface area contributed by atoms with Crippen molar-refractivity contribution in [2.45, 2.75) is 31.3 Å². The molecule has 0 radical (unpaired) electrons. The van der Waals surface area contributed by atoms with E-state index in [0.29, 0.717) is 23.5 Å². The Kier molecular flexibility index (Phi) is 3.62. The molecule has 0 aliphatic carbocycles. The Hall–Kier alpha value is -2.65. The molecule has 0 unspecified atom stereocenters. The number of aromatic nitrogens is 2. The third-order valence-corrected chi connectivity index (χ3v) is 5.55. The van der Waals surface area contributed by atoms with Crippen LogP contribution in [0.1, 0.15) is 35.7 Å². The van der Waals surface area contributed by atoms with E-state index in [0.717, 1.165) is 41.9 Å². The number of fused-ring (bicyclic) bond motifs is 4. The zero-order valence-corrected chi connectivity index (χ0v) is 14.8. The molecule has 2 atom stereocenters. The highest BCUT2D eigenvalue weighted by Crippen LogP contribution is 2.47. The molecule has 0 saturated carbocycles. The first-order valence-corrected chi connectivity index (χ1v) is 8.59. The van der Waals surface area contributed by atoms with Crippen LogP contribution in [0.3, 0.4) is 0 Å². The van der Waals surface area contributed by atoms with E-state index < -0.39 is 0 Å². The lowest BCUT2D eigenvalue weighted by molar-refractivity contribution is 0.222. The zero-order chi connectivity index (χ0) is 17.7. The molecule has 2 aromatic rings. The van der Waals surface area contributed by atoms with Gasteiger partial charge in [0, 0.05) is 61.2 Å². The lowest BCUT2D eigenvalue weighted by Gasteiger charge is -2.34. The van der Waals surface area contributed by atoms with Gasteiger partial charge in [-0.25, -0.2) is 9.97 Å². The number of pyridine rings is 2. The van der Waals surface area contributed by atoms with Gasteiger partial charge in [-0.2, -0.15) is 5.26 Å². The Labute approximate surface area is 147 Å². The summed E-state index contributed by atoms with van der Waals surface area (Å²) in [6, 6.07) is 7.11. The molecule has 2 aromatic heterocycles. The van der Waals surface area contributed by atoms with Crippen LogP contribution in [0.25, 0.3) is 11.1 Å². The van der Waals surface area contributed by atoms with Crippen molar-refractivity contribution >= 4 is 11.6 Å². The highest BCUT2D eigenvalue weighted by molar-refractivity contribution is 5.80. The van der Waals surface area contributed by atoms with Gasteiger partial charge in [-0.05, 0) is 32.0 Å². The van der Waals surface area contributed by atoms with E-state index in [2.05, 4.69) is 28.0 Å². The van der Waals surface area contributed by atoms with E-state index in [-0.39, 0.29) is 0 Å². The van der Waals surface area contributed by atoms with Crippen LogP contribution >= 0.6 is 0 Å². The van der Waals surface area contributed by atoms with Gasteiger partial charge in [-0.15, -0.1) is 0 Å². The molecule has 1 fully saturated rings. The Balaban J connectivity index is 1.95. The maximum Gasteiger partial charge on any atom is 0.142 e. The number of nitrogens with two attached hydrogens (primary N) is 1. The van der Waals surface area contributed by atoms with Crippen LogP contribution in [-0.4, -0.2) is 42.1 Å². The quantitative estimate of drug-likeness (QED) is 0.908. The third-order valence-electron chi connectivity index (χ3n) is 5.55. The average Bonchev–Trinajstić information content (AvgIpc) is 2.84. The predicted octanol–water partition coefficient (Wildman–Crippen LogP) is 2.35. The van der Waals surface area contributed by atoms with Crippen molar-refractivity contribution in [3.63, 3.8) is 0 Å². The van der Waals surface area contributed by atoms with Gasteiger partial charge in [-0.1, -0.05) is 0 Å². The molecule has 6 nitrogen and oxygen atoms in total. The number of rotatable bonds is 2. The minimum atomic E-state index is 0.303. The second-order valence-corrected chi connectivity index (χ2v) is 7.14. The first kappa shape index (κ1) is 15.9. The minimum absolute atomic E-state index is 0.303. The number of nitrogens with zero attached hydrogens (tertiary/aromatic N) is 5. The Bertz CT molecular complexity index is 865. The summed E-state index contributed by atoms with van der Waals surface area (Å²) in [5.41, 5.74) is 10.7. The molecule has 25 heavy (non-hydrogen) atoms. The fourth-order valence-corrected chi connectivity index (χ4v) is 4.22. The van der Waals surface area contributed by atoms with E-state index >= 15 is 0 Å². The SMILES string of the molecule is CN(C)c1ccc(-c2c(C#N)c(N)nc3c2[C@@H]2CC[C@H](C3)N2C)cn1. The topological polar surface area (TPSA) is 82.1 Å². The van der Waals surface area contributed by atoms with Gasteiger partial charge in [-0.3, -0.25) is 4.90 Å². The molecular formula is C19H22N6. The molecule has 0 spiro atoms. The van der Waals surface area contributed by atoms with Crippen LogP contribution in [0.4, 0.5) is 11.6 Å². The number of nitrogen functional groups attached to an aromatic ring is 1. The van der Waals surface area contributed by atoms with Crippen molar-refractivity contribution in [3.05, 3.63) is 35.2 Å². The molecule has 0 aromatic carbocycles. The second kappa shape index (κ2) is 5.71. The van der Waals surface area contributed by atoms with Crippen LogP contribution in [0.15, 0.2) is 18.3 Å². The van der Waals surface area contributed by atoms with E-state index in [1.54, 1.807) is 0 Å². The molecule has 128 valence electrons. The number of likely N-dealkylation sites (N-methyl/N-ethyl adjacent to an activating group) is 1. The van der Waals surface area contributed by atoms with Crippen molar-refractivity contribution < 1.29 is 0 Å². The third kappa shape index (κ3) is 2.35. The Morgan fingerprint density at radius 2 is 2.12 bits per heavy atom. The van der Waals surface area contributed by atoms with Crippen LogP contribution in [0.2, 0.25) is 0 Å². The summed E-state index contributed by atoms with van der Waals surface area (Å²) in [6.07, 6.45) is 5.00. The van der Waals surface area contributed by atoms with Gasteiger partial charge in [0.2, 0.25) is 0 Å². The van der Waals surface area contributed by atoms with Gasteiger partial charge < -0.3 is 10.6 Å². The Morgan fingerprint density at radius 3 is 2.76 bits per heavy atom. The number of anilines is 2. The first-order valence-electron chi connectivity index (χ1n) is 8.59. The lowest BCUT2D eigenvalue weighted by atomic mass is 9.87. The molecule has 4 rings (SSSR count). The maximum absolute atomic E-state index is 9.73. The minimum Gasteiger partial charge on any atom is -0.383 e. The summed E-state index contributed by atoms with van der Waals surface area (Å²) < 4.78 is 0. The number of hydrogen-bond donors (Lipinski definition) is 1. The summed E-state index contributed by atoms with van der Waals surface area (Å²) >= 11 is 0. The van der Waals surface area contributed by atoms with Crippen molar-refractivity contribution in [3.8, 4) is 17.2 Å². The standard InChI is InChI=1S/C19H22N6/c1-24(2)16-7-4-11(10-22-16)17-13(9-20)19(21)23-14-8-12-5-6-15(18(14)17)25(12)3/h4,7,10,12,15H,5-6,8H2,1-3H3,(H2,21,23)/t12-,15+/m1/s1. The number of nitriles is 1. The predicted molar refractivity (Wildman–Crippen MR) is 98.2 cm³/mol. The van der Waals surface area contributed by atoms with Gasteiger partial charge >= 0.3 is 0 Å². The van der Waals surface area contributed by atoms with Crippen molar-refractivity contribution in [1.29, 1.82) is 5.26 Å². The van der Waals surface area contributed by atoms with E-state index in [1.807, 2.05) is 37.3 Å². The van der Waals surface area contributed by atoms with Crippen LogP contribution < -0.4 is 10.6 Å². The summed E-state index contributed by atoms with van der Waals surface area (Å²) in [5, 5.41) is 9.73. The molecule has 1 saturated heterocycles. The maximum atomic E-state index is 9.73. The summed E-state index contributed by atoms with van der Waals surface area (Å²) in [5.74, 6) is 1.22. The fourth-order valence-electron chi connectivity index (χ4n) is 4.22. The van der Waals surface area contributed by atoms with Crippen LogP contribution in [0.5, 0.6) is 0 Å². The van der Waals surface area contributed by atoms with E-state index in [4.69, 9.17) is 5.73 Å². The normalized spacial score (nSPS) is 21.7. The average molecular weight is 334 g/mol. The van der Waals surface area contributed by atoms with Crippen LogP contribution in [0, 0.1) is 11.3 Å². The molecule has 2 aliphatic rings. The Morgan fingerprint density at radius 1 is 1.32 bits per heavy atom. The van der Waals surface area contributed by atoms with Crippen LogP contribution in [-0.2, 0) is 6.42 Å². The smallest absolute Gasteiger partial charge is 0.142 e. The monoisotopic (exact) mass is 334 g/mol. The molecular weight excluding hydrogens is 312 g/mol. The van der Waals surface area contributed by atoms with Gasteiger partial charge in [0.1, 0.15) is 23.3 Å². The molecule has 2 aliphatic heterocycles. The summed E-state index contributed by atoms with van der Waals surface area (Å²) in [7, 11) is 6.09. The highest BCUT2D eigenvalue weighted by Gasteiger charge is 2.41. The van der Waals surface area contributed by atoms with Crippen molar-refractivity contribution in [1.82, 2.24) is 14.9 Å². The number of hydrogen-bond acceptors (Lipinski definition) is 6. The second-order valence-electron chi connectivity index (χ2n) is 7.14. The van der Waals surface area contributed by atoms with Gasteiger partial charge in [0.25, 0.3) is 0 Å². The molecule has 2 bridgehead atoms. The molecule has 6 heteroatoms. The van der Waals surface area contributed by atoms with E-state index in [9.17, 15) is 5.26 Å². The largest absolute Gasteiger partial charge is 0.383 e. The molecule has 0 amide bonds. The van der Waals surface area contributed by atoms with Crippen molar-refractivity contribution in [2.75, 3.05) is 31.8 Å². The van der Waals surface area contributed by atoms with Gasteiger partial charge in [0.15, 0.2) is 0 Å². The highest BCUT2D eigenvalue weighted by atomic mass is 15.2.